The van der Waals surface area contributed by atoms with Gasteiger partial charge in [0.05, 0.1) is 19.2 Å². The summed E-state index contributed by atoms with van der Waals surface area (Å²) in [6.07, 6.45) is 1.97. The van der Waals surface area contributed by atoms with E-state index in [0.29, 0.717) is 17.7 Å². The minimum Gasteiger partial charge on any atom is -0.466 e. The first kappa shape index (κ1) is 17.3. The van der Waals surface area contributed by atoms with E-state index in [9.17, 15) is 9.59 Å². The molecule has 3 aromatic rings. The Labute approximate surface area is 150 Å². The van der Waals surface area contributed by atoms with E-state index in [1.807, 2.05) is 6.07 Å². The summed E-state index contributed by atoms with van der Waals surface area (Å²) >= 11 is 0. The molecule has 1 aromatic heterocycles. The fourth-order valence-electron chi connectivity index (χ4n) is 2.41. The predicted octanol–water partition coefficient (Wildman–Crippen LogP) is 2.40. The van der Waals surface area contributed by atoms with E-state index in [2.05, 4.69) is 10.1 Å². The number of nitrogens with zero attached hydrogens (tertiary/aromatic N) is 3. The van der Waals surface area contributed by atoms with E-state index >= 15 is 0 Å². The van der Waals surface area contributed by atoms with Gasteiger partial charge in [-0.25, -0.2) is 19.3 Å². The van der Waals surface area contributed by atoms with Gasteiger partial charge in [-0.2, -0.15) is 5.10 Å². The Morgan fingerprint density at radius 2 is 1.81 bits per heavy atom. The third kappa shape index (κ3) is 4.13. The fraction of sp³-hybridized carbons (Fsp3) is 0.158. The quantitative estimate of drug-likeness (QED) is 0.634. The van der Waals surface area contributed by atoms with E-state index in [4.69, 9.17) is 9.47 Å². The second-order valence-corrected chi connectivity index (χ2v) is 5.51. The first-order valence-electron chi connectivity index (χ1n) is 7.92. The summed E-state index contributed by atoms with van der Waals surface area (Å²) in [5, 5.41) is 4.03. The monoisotopic (exact) mass is 351 g/mol. The molecule has 26 heavy (non-hydrogen) atoms. The maximum absolute atomic E-state index is 12.4. The lowest BCUT2D eigenvalue weighted by molar-refractivity contribution is -0.151. The van der Waals surface area contributed by atoms with Crippen LogP contribution in [0.2, 0.25) is 0 Å². The van der Waals surface area contributed by atoms with Crippen molar-refractivity contribution in [1.82, 2.24) is 14.8 Å². The molecular weight excluding hydrogens is 334 g/mol. The van der Waals surface area contributed by atoms with Gasteiger partial charge in [0.2, 0.25) is 6.10 Å². The van der Waals surface area contributed by atoms with Crippen molar-refractivity contribution < 1.29 is 19.1 Å². The van der Waals surface area contributed by atoms with Crippen LogP contribution in [0.25, 0.3) is 0 Å². The minimum atomic E-state index is -1.11. The highest BCUT2D eigenvalue weighted by Crippen LogP contribution is 2.21. The third-order valence-corrected chi connectivity index (χ3v) is 3.74. The summed E-state index contributed by atoms with van der Waals surface area (Å²) < 4.78 is 11.8. The SMILES string of the molecule is COC(=O)[C@H](OC(=O)c1ccc(Cn2cncn2)cc1)c1ccccc1. The molecule has 7 nitrogen and oxygen atoms in total. The van der Waals surface area contributed by atoms with Gasteiger partial charge in [0.25, 0.3) is 0 Å². The van der Waals surface area contributed by atoms with Crippen LogP contribution < -0.4 is 0 Å². The Bertz CT molecular complexity index is 862. The number of hydrogen-bond donors (Lipinski definition) is 0. The van der Waals surface area contributed by atoms with Gasteiger partial charge in [-0.05, 0) is 17.7 Å². The van der Waals surface area contributed by atoms with E-state index in [1.165, 1.54) is 13.4 Å². The number of ether oxygens (including phenoxy) is 2. The van der Waals surface area contributed by atoms with Gasteiger partial charge in [0, 0.05) is 5.56 Å². The molecule has 3 rings (SSSR count). The fourth-order valence-corrected chi connectivity index (χ4v) is 2.41. The Hall–Kier alpha value is -3.48. The van der Waals surface area contributed by atoms with Crippen LogP contribution in [0.15, 0.2) is 67.3 Å². The number of methoxy groups -OCH3 is 1. The highest BCUT2D eigenvalue weighted by Gasteiger charge is 2.26. The van der Waals surface area contributed by atoms with Crippen LogP contribution >= 0.6 is 0 Å². The molecule has 2 aromatic carbocycles. The molecule has 0 saturated heterocycles. The normalized spacial score (nSPS) is 11.6. The largest absolute Gasteiger partial charge is 0.466 e. The van der Waals surface area contributed by atoms with Gasteiger partial charge < -0.3 is 9.47 Å². The van der Waals surface area contributed by atoms with Crippen molar-refractivity contribution in [2.75, 3.05) is 7.11 Å². The number of hydrogen-bond acceptors (Lipinski definition) is 6. The molecule has 0 aliphatic rings. The number of rotatable bonds is 6. The zero-order valence-corrected chi connectivity index (χ0v) is 14.1. The minimum absolute atomic E-state index is 0.345. The van der Waals surface area contributed by atoms with Crippen molar-refractivity contribution >= 4 is 11.9 Å². The van der Waals surface area contributed by atoms with Crippen molar-refractivity contribution in [1.29, 1.82) is 0 Å². The molecule has 0 spiro atoms. The average molecular weight is 351 g/mol. The van der Waals surface area contributed by atoms with Crippen molar-refractivity contribution in [3.63, 3.8) is 0 Å². The summed E-state index contributed by atoms with van der Waals surface area (Å²) in [6, 6.07) is 15.6. The summed E-state index contributed by atoms with van der Waals surface area (Å²) in [7, 11) is 1.26. The van der Waals surface area contributed by atoms with Gasteiger partial charge in [-0.1, -0.05) is 42.5 Å². The molecule has 0 N–H and O–H groups in total. The first-order valence-corrected chi connectivity index (χ1v) is 7.92. The summed E-state index contributed by atoms with van der Waals surface area (Å²) in [6.45, 7) is 0.546. The Morgan fingerprint density at radius 3 is 2.42 bits per heavy atom. The van der Waals surface area contributed by atoms with Crippen LogP contribution in [-0.2, 0) is 20.8 Å². The number of benzene rings is 2. The van der Waals surface area contributed by atoms with Crippen LogP contribution in [0.3, 0.4) is 0 Å². The predicted molar refractivity (Wildman–Crippen MR) is 92.2 cm³/mol. The van der Waals surface area contributed by atoms with Crippen LogP contribution in [0.1, 0.15) is 27.6 Å². The molecule has 0 unspecified atom stereocenters. The Kier molecular flexibility index (Phi) is 5.38. The maximum atomic E-state index is 12.4. The van der Waals surface area contributed by atoms with Crippen molar-refractivity contribution in [3.8, 4) is 0 Å². The van der Waals surface area contributed by atoms with Crippen molar-refractivity contribution in [2.24, 2.45) is 0 Å². The number of carbonyl (C=O) groups is 2. The standard InChI is InChI=1S/C19H17N3O4/c1-25-19(24)17(15-5-3-2-4-6-15)26-18(23)16-9-7-14(8-10-16)11-22-13-20-12-21-22/h2-10,12-13,17H,11H2,1H3/t17-/m1/s1. The summed E-state index contributed by atoms with van der Waals surface area (Å²) in [5.41, 5.74) is 1.85. The van der Waals surface area contributed by atoms with E-state index in [0.717, 1.165) is 5.56 Å². The maximum Gasteiger partial charge on any atom is 0.351 e. The second-order valence-electron chi connectivity index (χ2n) is 5.51. The van der Waals surface area contributed by atoms with E-state index in [1.54, 1.807) is 59.5 Å². The van der Waals surface area contributed by atoms with Crippen LogP contribution in [0.5, 0.6) is 0 Å². The number of esters is 2. The second kappa shape index (κ2) is 8.06. The zero-order chi connectivity index (χ0) is 18.4. The van der Waals surface area contributed by atoms with E-state index in [-0.39, 0.29) is 0 Å². The zero-order valence-electron chi connectivity index (χ0n) is 14.1. The molecule has 0 fully saturated rings. The van der Waals surface area contributed by atoms with Gasteiger partial charge in [-0.3, -0.25) is 0 Å². The Morgan fingerprint density at radius 1 is 1.08 bits per heavy atom. The lowest BCUT2D eigenvalue weighted by atomic mass is 10.1. The lowest BCUT2D eigenvalue weighted by Crippen LogP contribution is -2.21. The van der Waals surface area contributed by atoms with Gasteiger partial charge >= 0.3 is 11.9 Å². The van der Waals surface area contributed by atoms with Crippen molar-refractivity contribution in [3.05, 3.63) is 83.9 Å². The summed E-state index contributed by atoms with van der Waals surface area (Å²) in [5.74, 6) is -1.23. The molecular formula is C19H17N3O4. The molecule has 0 saturated carbocycles. The Balaban J connectivity index is 1.72. The summed E-state index contributed by atoms with van der Waals surface area (Å²) in [4.78, 5) is 28.3. The molecule has 0 aliphatic carbocycles. The molecule has 0 bridgehead atoms. The molecule has 132 valence electrons. The smallest absolute Gasteiger partial charge is 0.351 e. The van der Waals surface area contributed by atoms with Crippen LogP contribution in [0.4, 0.5) is 0 Å². The van der Waals surface area contributed by atoms with Crippen molar-refractivity contribution in [2.45, 2.75) is 12.6 Å². The molecule has 0 radical (unpaired) electrons. The lowest BCUT2D eigenvalue weighted by Gasteiger charge is -2.16. The van der Waals surface area contributed by atoms with E-state index < -0.39 is 18.0 Å². The van der Waals surface area contributed by atoms with Gasteiger partial charge in [0.1, 0.15) is 12.7 Å². The third-order valence-electron chi connectivity index (χ3n) is 3.74. The molecule has 0 amide bonds. The van der Waals surface area contributed by atoms with Crippen LogP contribution in [-0.4, -0.2) is 33.8 Å². The molecule has 0 aliphatic heterocycles. The highest BCUT2D eigenvalue weighted by molar-refractivity contribution is 5.91. The first-order chi connectivity index (χ1) is 12.7. The topological polar surface area (TPSA) is 83.3 Å². The van der Waals surface area contributed by atoms with Gasteiger partial charge in [0.15, 0.2) is 0 Å². The molecule has 7 heteroatoms. The highest BCUT2D eigenvalue weighted by atomic mass is 16.6. The average Bonchev–Trinajstić information content (AvgIpc) is 3.19. The van der Waals surface area contributed by atoms with Gasteiger partial charge in [-0.15, -0.1) is 0 Å². The number of aromatic nitrogens is 3. The number of carbonyl (C=O) groups excluding carboxylic acids is 2. The molecule has 1 atom stereocenters. The van der Waals surface area contributed by atoms with Crippen LogP contribution in [0, 0.1) is 0 Å². The molecule has 1 heterocycles.